The Bertz CT molecular complexity index is 768. The molecule has 0 bridgehead atoms. The Hall–Kier alpha value is -1.93. The van der Waals surface area contributed by atoms with Gasteiger partial charge < -0.3 is 9.64 Å². The second-order valence-electron chi connectivity index (χ2n) is 7.35. The molecule has 2 rings (SSSR count). The fraction of sp³-hybridized carbons (Fsp3) is 0.600. The topological polar surface area (TPSA) is 92.8 Å². The maximum Gasteiger partial charge on any atom is 0.338 e. The summed E-state index contributed by atoms with van der Waals surface area (Å²) in [4.78, 5) is 26.5. The van der Waals surface area contributed by atoms with Crippen LogP contribution in [0.25, 0.3) is 0 Å². The minimum Gasteiger partial charge on any atom is -0.452 e. The van der Waals surface area contributed by atoms with E-state index in [0.717, 1.165) is 25.7 Å². The van der Waals surface area contributed by atoms with E-state index < -0.39 is 16.0 Å². The van der Waals surface area contributed by atoms with Crippen molar-refractivity contribution in [3.05, 3.63) is 29.8 Å². The summed E-state index contributed by atoms with van der Waals surface area (Å²) in [6.45, 7) is 5.67. The zero-order valence-electron chi connectivity index (χ0n) is 16.8. The highest BCUT2D eigenvalue weighted by atomic mass is 32.2. The Labute approximate surface area is 167 Å². The molecule has 1 aliphatic carbocycles. The van der Waals surface area contributed by atoms with Gasteiger partial charge in [0.25, 0.3) is 5.91 Å². The number of nitrogens with zero attached hydrogens (tertiary/aromatic N) is 1. The Morgan fingerprint density at radius 2 is 1.75 bits per heavy atom. The first-order valence-corrected chi connectivity index (χ1v) is 11.3. The van der Waals surface area contributed by atoms with Gasteiger partial charge in [0.15, 0.2) is 6.61 Å². The van der Waals surface area contributed by atoms with Gasteiger partial charge in [0, 0.05) is 18.6 Å². The van der Waals surface area contributed by atoms with Gasteiger partial charge in [0.05, 0.1) is 10.5 Å². The highest BCUT2D eigenvalue weighted by Gasteiger charge is 2.25. The lowest BCUT2D eigenvalue weighted by Crippen LogP contribution is -2.43. The Morgan fingerprint density at radius 3 is 2.29 bits per heavy atom. The van der Waals surface area contributed by atoms with Gasteiger partial charge in [-0.3, -0.25) is 4.79 Å². The van der Waals surface area contributed by atoms with Crippen LogP contribution in [0.5, 0.6) is 0 Å². The second-order valence-corrected chi connectivity index (χ2v) is 9.06. The van der Waals surface area contributed by atoms with Gasteiger partial charge in [-0.15, -0.1) is 0 Å². The molecule has 0 atom stereocenters. The first-order chi connectivity index (χ1) is 13.2. The van der Waals surface area contributed by atoms with E-state index in [0.29, 0.717) is 6.54 Å². The lowest BCUT2D eigenvalue weighted by Gasteiger charge is -2.33. The van der Waals surface area contributed by atoms with Crippen molar-refractivity contribution in [2.75, 3.05) is 13.2 Å². The summed E-state index contributed by atoms with van der Waals surface area (Å²) >= 11 is 0. The number of benzene rings is 1. The first-order valence-electron chi connectivity index (χ1n) is 9.83. The predicted molar refractivity (Wildman–Crippen MR) is 106 cm³/mol. The van der Waals surface area contributed by atoms with Crippen LogP contribution in [0.4, 0.5) is 0 Å². The predicted octanol–water partition coefficient (Wildman–Crippen LogP) is 2.71. The Balaban J connectivity index is 1.94. The number of carbonyl (C=O) groups excluding carboxylic acids is 2. The van der Waals surface area contributed by atoms with Crippen LogP contribution in [0.15, 0.2) is 29.2 Å². The van der Waals surface area contributed by atoms with E-state index in [4.69, 9.17) is 4.74 Å². The van der Waals surface area contributed by atoms with Gasteiger partial charge in [0.2, 0.25) is 10.0 Å². The number of nitrogens with one attached hydrogen (secondary N) is 1. The molecule has 0 aliphatic heterocycles. The van der Waals surface area contributed by atoms with E-state index in [1.807, 2.05) is 6.92 Å². The van der Waals surface area contributed by atoms with Crippen LogP contribution >= 0.6 is 0 Å². The number of ether oxygens (including phenoxy) is 1. The maximum absolute atomic E-state index is 12.5. The van der Waals surface area contributed by atoms with Crippen molar-refractivity contribution in [1.29, 1.82) is 0 Å². The summed E-state index contributed by atoms with van der Waals surface area (Å²) in [6.07, 6.45) is 5.43. The molecular formula is C20H30N2O5S. The summed E-state index contributed by atoms with van der Waals surface area (Å²) < 4.78 is 31.9. The molecule has 1 N–H and O–H groups in total. The number of amides is 1. The molecule has 28 heavy (non-hydrogen) atoms. The van der Waals surface area contributed by atoms with E-state index in [1.54, 1.807) is 18.7 Å². The average molecular weight is 411 g/mol. The number of esters is 1. The number of hydrogen-bond acceptors (Lipinski definition) is 5. The lowest BCUT2D eigenvalue weighted by molar-refractivity contribution is -0.137. The quantitative estimate of drug-likeness (QED) is 0.665. The van der Waals surface area contributed by atoms with Gasteiger partial charge in [-0.1, -0.05) is 19.3 Å². The van der Waals surface area contributed by atoms with E-state index in [9.17, 15) is 18.0 Å². The molecule has 1 fully saturated rings. The largest absolute Gasteiger partial charge is 0.452 e. The fourth-order valence-corrected chi connectivity index (χ4v) is 4.72. The molecule has 156 valence electrons. The van der Waals surface area contributed by atoms with Crippen LogP contribution in [0.3, 0.4) is 0 Å². The van der Waals surface area contributed by atoms with Crippen LogP contribution in [-0.2, 0) is 19.6 Å². The third-order valence-electron chi connectivity index (χ3n) is 4.79. The molecule has 1 aromatic carbocycles. The molecule has 0 saturated heterocycles. The van der Waals surface area contributed by atoms with Crippen LogP contribution in [0.2, 0.25) is 0 Å². The van der Waals surface area contributed by atoms with Crippen LogP contribution in [0.1, 0.15) is 63.2 Å². The summed E-state index contributed by atoms with van der Waals surface area (Å²) in [5.74, 6) is -0.836. The normalized spacial score (nSPS) is 15.4. The Kier molecular flexibility index (Phi) is 8.00. The third-order valence-corrected chi connectivity index (χ3v) is 6.47. The van der Waals surface area contributed by atoms with Gasteiger partial charge in [0.1, 0.15) is 0 Å². The van der Waals surface area contributed by atoms with Gasteiger partial charge in [-0.05, 0) is 57.9 Å². The molecule has 7 nitrogen and oxygen atoms in total. The van der Waals surface area contributed by atoms with Crippen molar-refractivity contribution < 1.29 is 22.7 Å². The van der Waals surface area contributed by atoms with Gasteiger partial charge >= 0.3 is 5.97 Å². The molecule has 0 aromatic heterocycles. The smallest absolute Gasteiger partial charge is 0.338 e. The second kappa shape index (κ2) is 10.0. The fourth-order valence-electron chi connectivity index (χ4n) is 3.47. The van der Waals surface area contributed by atoms with Gasteiger partial charge in [-0.25, -0.2) is 17.9 Å². The lowest BCUT2D eigenvalue weighted by atomic mass is 9.94. The highest BCUT2D eigenvalue weighted by Crippen LogP contribution is 2.22. The minimum absolute atomic E-state index is 0.0725. The number of carbonyl (C=O) groups is 2. The van der Waals surface area contributed by atoms with Crippen molar-refractivity contribution in [2.45, 2.75) is 69.9 Å². The highest BCUT2D eigenvalue weighted by molar-refractivity contribution is 7.89. The summed E-state index contributed by atoms with van der Waals surface area (Å²) in [6, 6.07) is 5.47. The summed E-state index contributed by atoms with van der Waals surface area (Å²) in [7, 11) is -3.62. The molecule has 1 saturated carbocycles. The molecule has 0 radical (unpaired) electrons. The van der Waals surface area contributed by atoms with Crippen molar-refractivity contribution in [3.8, 4) is 0 Å². The van der Waals surface area contributed by atoms with Crippen molar-refractivity contribution in [1.82, 2.24) is 9.62 Å². The molecule has 0 unspecified atom stereocenters. The molecular weight excluding hydrogens is 380 g/mol. The number of rotatable bonds is 8. The molecule has 8 heteroatoms. The van der Waals surface area contributed by atoms with Crippen molar-refractivity contribution >= 4 is 21.9 Å². The van der Waals surface area contributed by atoms with E-state index in [1.165, 1.54) is 30.7 Å². The zero-order valence-corrected chi connectivity index (χ0v) is 17.6. The molecule has 0 heterocycles. The number of hydrogen-bond donors (Lipinski definition) is 1. The van der Waals surface area contributed by atoms with Crippen LogP contribution in [0, 0.1) is 0 Å². The third kappa shape index (κ3) is 6.04. The van der Waals surface area contributed by atoms with E-state index >= 15 is 0 Å². The first kappa shape index (κ1) is 22.4. The van der Waals surface area contributed by atoms with Crippen LogP contribution in [-0.4, -0.2) is 50.4 Å². The number of likely N-dealkylation sites (N-methyl/N-ethyl adjacent to an activating group) is 1. The monoisotopic (exact) mass is 410 g/mol. The van der Waals surface area contributed by atoms with Gasteiger partial charge in [-0.2, -0.15) is 0 Å². The summed E-state index contributed by atoms with van der Waals surface area (Å²) in [5, 5.41) is 0. The SMILES string of the molecule is CCN(C(=O)COC(=O)c1ccc(S(=O)(=O)NC(C)C)cc1)C1CCCCC1. The average Bonchev–Trinajstić information content (AvgIpc) is 2.66. The molecule has 1 aliphatic rings. The standard InChI is InChI=1S/C20H30N2O5S/c1-4-22(17-8-6-5-7-9-17)19(23)14-27-20(24)16-10-12-18(13-11-16)28(25,26)21-15(2)3/h10-13,15,17,21H,4-9,14H2,1-3H3. The summed E-state index contributed by atoms with van der Waals surface area (Å²) in [5.41, 5.74) is 0.206. The molecule has 1 amide bonds. The number of sulfonamides is 1. The molecule has 1 aromatic rings. The Morgan fingerprint density at radius 1 is 1.14 bits per heavy atom. The molecule has 0 spiro atoms. The maximum atomic E-state index is 12.5. The van der Waals surface area contributed by atoms with Crippen molar-refractivity contribution in [3.63, 3.8) is 0 Å². The minimum atomic E-state index is -3.62. The van der Waals surface area contributed by atoms with Crippen molar-refractivity contribution in [2.24, 2.45) is 0 Å². The van der Waals surface area contributed by atoms with E-state index in [2.05, 4.69) is 4.72 Å². The zero-order chi connectivity index (χ0) is 20.7. The van der Waals surface area contributed by atoms with E-state index in [-0.39, 0.29) is 35.1 Å². The van der Waals surface area contributed by atoms with Crippen LogP contribution < -0.4 is 4.72 Å².